The summed E-state index contributed by atoms with van der Waals surface area (Å²) in [6, 6.07) is 14.2. The van der Waals surface area contributed by atoms with Crippen molar-refractivity contribution in [2.45, 2.75) is 20.0 Å². The Bertz CT molecular complexity index is 587. The zero-order valence-corrected chi connectivity index (χ0v) is 13.9. The summed E-state index contributed by atoms with van der Waals surface area (Å²) in [6.45, 7) is 4.81. The molecule has 0 saturated carbocycles. The first kappa shape index (κ1) is 15.9. The fourth-order valence-electron chi connectivity index (χ4n) is 2.25. The van der Waals surface area contributed by atoms with E-state index in [9.17, 15) is 5.11 Å². The van der Waals surface area contributed by atoms with Gasteiger partial charge in [-0.1, -0.05) is 37.3 Å². The normalized spacial score (nSPS) is 10.9. The SMILES string of the molecule is CCN(Cc1ccccc1)Cc1cc(Br)c(O)c(OC)c1. The molecule has 0 fully saturated rings. The number of aromatic hydroxyl groups is 1. The number of methoxy groups -OCH3 is 1. The number of ether oxygens (including phenoxy) is 1. The predicted octanol–water partition coefficient (Wildman–Crippen LogP) is 4.19. The highest BCUT2D eigenvalue weighted by Crippen LogP contribution is 2.35. The van der Waals surface area contributed by atoms with E-state index in [0.717, 1.165) is 25.2 Å². The molecule has 1 N–H and O–H groups in total. The molecule has 21 heavy (non-hydrogen) atoms. The summed E-state index contributed by atoms with van der Waals surface area (Å²) >= 11 is 3.37. The molecule has 0 radical (unpaired) electrons. The quantitative estimate of drug-likeness (QED) is 0.848. The number of benzene rings is 2. The first-order valence-electron chi connectivity index (χ1n) is 6.95. The second-order valence-electron chi connectivity index (χ2n) is 4.92. The van der Waals surface area contributed by atoms with Crippen molar-refractivity contribution in [2.24, 2.45) is 0 Å². The van der Waals surface area contributed by atoms with Crippen LogP contribution < -0.4 is 4.74 Å². The minimum Gasteiger partial charge on any atom is -0.503 e. The van der Waals surface area contributed by atoms with E-state index < -0.39 is 0 Å². The number of hydrogen-bond donors (Lipinski definition) is 1. The lowest BCUT2D eigenvalue weighted by atomic mass is 10.1. The average Bonchev–Trinajstić information content (AvgIpc) is 2.51. The van der Waals surface area contributed by atoms with Gasteiger partial charge in [0.15, 0.2) is 11.5 Å². The Morgan fingerprint density at radius 1 is 1.10 bits per heavy atom. The highest BCUT2D eigenvalue weighted by Gasteiger charge is 2.11. The minimum absolute atomic E-state index is 0.146. The number of rotatable bonds is 6. The van der Waals surface area contributed by atoms with Gasteiger partial charge in [-0.25, -0.2) is 0 Å². The number of phenols is 1. The second-order valence-corrected chi connectivity index (χ2v) is 5.77. The van der Waals surface area contributed by atoms with E-state index in [1.54, 1.807) is 7.11 Å². The first-order chi connectivity index (χ1) is 10.1. The highest BCUT2D eigenvalue weighted by atomic mass is 79.9. The van der Waals surface area contributed by atoms with Crippen LogP contribution in [0.15, 0.2) is 46.9 Å². The molecule has 0 aliphatic carbocycles. The van der Waals surface area contributed by atoms with Crippen molar-refractivity contribution >= 4 is 15.9 Å². The molecule has 0 unspecified atom stereocenters. The highest BCUT2D eigenvalue weighted by molar-refractivity contribution is 9.10. The van der Waals surface area contributed by atoms with Gasteiger partial charge < -0.3 is 9.84 Å². The lowest BCUT2D eigenvalue weighted by Crippen LogP contribution is -2.22. The molecule has 0 aliphatic rings. The van der Waals surface area contributed by atoms with Crippen LogP contribution in [-0.4, -0.2) is 23.7 Å². The van der Waals surface area contributed by atoms with Crippen LogP contribution in [0.25, 0.3) is 0 Å². The fraction of sp³-hybridized carbons (Fsp3) is 0.294. The van der Waals surface area contributed by atoms with Gasteiger partial charge in [-0.3, -0.25) is 4.90 Å². The summed E-state index contributed by atoms with van der Waals surface area (Å²) in [5.74, 6) is 0.641. The maximum atomic E-state index is 9.86. The first-order valence-corrected chi connectivity index (χ1v) is 7.75. The third kappa shape index (κ3) is 4.22. The van der Waals surface area contributed by atoms with Crippen molar-refractivity contribution in [1.82, 2.24) is 4.90 Å². The zero-order valence-electron chi connectivity index (χ0n) is 12.3. The summed E-state index contributed by atoms with van der Waals surface area (Å²) in [4.78, 5) is 2.34. The van der Waals surface area contributed by atoms with Gasteiger partial charge in [0.2, 0.25) is 0 Å². The van der Waals surface area contributed by atoms with Crippen molar-refractivity contribution in [3.63, 3.8) is 0 Å². The van der Waals surface area contributed by atoms with Crippen molar-refractivity contribution < 1.29 is 9.84 Å². The minimum atomic E-state index is 0.146. The Morgan fingerprint density at radius 3 is 2.38 bits per heavy atom. The van der Waals surface area contributed by atoms with Crippen LogP contribution in [0.2, 0.25) is 0 Å². The molecule has 0 aromatic heterocycles. The Labute approximate surface area is 134 Å². The lowest BCUT2D eigenvalue weighted by molar-refractivity contribution is 0.270. The molecule has 0 aliphatic heterocycles. The smallest absolute Gasteiger partial charge is 0.172 e. The Kier molecular flexibility index (Phi) is 5.65. The Morgan fingerprint density at radius 2 is 1.76 bits per heavy atom. The lowest BCUT2D eigenvalue weighted by Gasteiger charge is -2.21. The van der Waals surface area contributed by atoms with Crippen LogP contribution in [-0.2, 0) is 13.1 Å². The Hall–Kier alpha value is -1.52. The monoisotopic (exact) mass is 349 g/mol. The van der Waals surface area contributed by atoms with Gasteiger partial charge in [-0.2, -0.15) is 0 Å². The summed E-state index contributed by atoms with van der Waals surface area (Å²) in [5, 5.41) is 9.86. The largest absolute Gasteiger partial charge is 0.503 e. The molecule has 0 amide bonds. The number of halogens is 1. The van der Waals surface area contributed by atoms with Crippen molar-refractivity contribution in [2.75, 3.05) is 13.7 Å². The van der Waals surface area contributed by atoms with Gasteiger partial charge in [-0.15, -0.1) is 0 Å². The third-order valence-electron chi connectivity index (χ3n) is 3.41. The molecule has 0 heterocycles. The van der Waals surface area contributed by atoms with Crippen LogP contribution in [0.1, 0.15) is 18.1 Å². The molecule has 4 heteroatoms. The third-order valence-corrected chi connectivity index (χ3v) is 4.02. The second kappa shape index (κ2) is 7.48. The molecule has 2 aromatic rings. The summed E-state index contributed by atoms with van der Waals surface area (Å²) < 4.78 is 5.86. The van der Waals surface area contributed by atoms with Crippen LogP contribution in [0, 0.1) is 0 Å². The predicted molar refractivity (Wildman–Crippen MR) is 88.6 cm³/mol. The van der Waals surface area contributed by atoms with Gasteiger partial charge in [0.25, 0.3) is 0 Å². The van der Waals surface area contributed by atoms with Crippen molar-refractivity contribution in [3.8, 4) is 11.5 Å². The van der Waals surface area contributed by atoms with Crippen LogP contribution in [0.5, 0.6) is 11.5 Å². The van der Waals surface area contributed by atoms with E-state index >= 15 is 0 Å². The molecule has 0 spiro atoms. The summed E-state index contributed by atoms with van der Waals surface area (Å²) in [6.07, 6.45) is 0. The van der Waals surface area contributed by atoms with Gasteiger partial charge in [0, 0.05) is 13.1 Å². The molecule has 3 nitrogen and oxygen atoms in total. The molecule has 0 saturated heterocycles. The van der Waals surface area contributed by atoms with Crippen molar-refractivity contribution in [3.05, 3.63) is 58.1 Å². The maximum Gasteiger partial charge on any atom is 0.172 e. The summed E-state index contributed by atoms with van der Waals surface area (Å²) in [5.41, 5.74) is 2.40. The summed E-state index contributed by atoms with van der Waals surface area (Å²) in [7, 11) is 1.56. The number of phenolic OH excluding ortho intramolecular Hbond substituents is 1. The van der Waals surface area contributed by atoms with E-state index in [2.05, 4.69) is 52.0 Å². The molecule has 112 valence electrons. The van der Waals surface area contributed by atoms with Crippen LogP contribution in [0.4, 0.5) is 0 Å². The average molecular weight is 350 g/mol. The van der Waals surface area contributed by atoms with E-state index in [1.807, 2.05) is 18.2 Å². The molecule has 2 aromatic carbocycles. The van der Waals surface area contributed by atoms with Crippen molar-refractivity contribution in [1.29, 1.82) is 0 Å². The molecule has 0 bridgehead atoms. The van der Waals surface area contributed by atoms with Crippen LogP contribution in [0.3, 0.4) is 0 Å². The Balaban J connectivity index is 2.13. The maximum absolute atomic E-state index is 9.86. The molecule has 2 rings (SSSR count). The van der Waals surface area contributed by atoms with Gasteiger partial charge >= 0.3 is 0 Å². The van der Waals surface area contributed by atoms with E-state index in [4.69, 9.17) is 4.74 Å². The van der Waals surface area contributed by atoms with E-state index in [-0.39, 0.29) is 5.75 Å². The van der Waals surface area contributed by atoms with E-state index in [0.29, 0.717) is 10.2 Å². The van der Waals surface area contributed by atoms with Gasteiger partial charge in [0.1, 0.15) is 0 Å². The van der Waals surface area contributed by atoms with Crippen LogP contribution >= 0.6 is 15.9 Å². The van der Waals surface area contributed by atoms with Gasteiger partial charge in [0.05, 0.1) is 11.6 Å². The fourth-order valence-corrected chi connectivity index (χ4v) is 2.74. The van der Waals surface area contributed by atoms with E-state index in [1.165, 1.54) is 5.56 Å². The number of nitrogens with zero attached hydrogens (tertiary/aromatic N) is 1. The molecule has 0 atom stereocenters. The molecular formula is C17H20BrNO2. The van der Waals surface area contributed by atoms with Gasteiger partial charge in [-0.05, 0) is 45.7 Å². The number of hydrogen-bond acceptors (Lipinski definition) is 3. The zero-order chi connectivity index (χ0) is 15.2. The standard InChI is InChI=1S/C17H20BrNO2/c1-3-19(11-13-7-5-4-6-8-13)12-14-9-15(18)17(20)16(10-14)21-2/h4-10,20H,3,11-12H2,1-2H3. The molecular weight excluding hydrogens is 330 g/mol. The topological polar surface area (TPSA) is 32.7 Å².